The Morgan fingerprint density at radius 1 is 1.19 bits per heavy atom. The first-order valence-electron chi connectivity index (χ1n) is 5.76. The fraction of sp³-hybridized carbons (Fsp3) is 0.0769. The highest BCUT2D eigenvalue weighted by molar-refractivity contribution is 6.34. The molecule has 2 N–H and O–H groups in total. The van der Waals surface area contributed by atoms with Crippen molar-refractivity contribution in [2.75, 3.05) is 0 Å². The van der Waals surface area contributed by atoms with Crippen LogP contribution in [0.3, 0.4) is 0 Å². The third kappa shape index (κ3) is 3.90. The van der Waals surface area contributed by atoms with E-state index in [-0.39, 0.29) is 28.1 Å². The maximum Gasteiger partial charge on any atom is 0.354 e. The lowest BCUT2D eigenvalue weighted by Crippen LogP contribution is -2.23. The van der Waals surface area contributed by atoms with Gasteiger partial charge >= 0.3 is 5.97 Å². The second kappa shape index (κ2) is 6.51. The Morgan fingerprint density at radius 2 is 1.95 bits per heavy atom. The van der Waals surface area contributed by atoms with Crippen LogP contribution in [-0.2, 0) is 6.54 Å². The quantitative estimate of drug-likeness (QED) is 0.842. The van der Waals surface area contributed by atoms with Gasteiger partial charge in [-0.3, -0.25) is 4.79 Å². The molecule has 0 aliphatic heterocycles. The number of hydrogen-bond donors (Lipinski definition) is 2. The minimum absolute atomic E-state index is 0.0133. The Labute approximate surface area is 129 Å². The zero-order valence-electron chi connectivity index (χ0n) is 10.5. The van der Waals surface area contributed by atoms with Gasteiger partial charge < -0.3 is 10.4 Å². The van der Waals surface area contributed by atoms with Gasteiger partial charge in [0.05, 0.1) is 5.56 Å². The molecule has 0 aromatic carbocycles. The van der Waals surface area contributed by atoms with Gasteiger partial charge in [0.1, 0.15) is 16.0 Å². The number of hydrogen-bond acceptors (Lipinski definition) is 4. The van der Waals surface area contributed by atoms with E-state index in [9.17, 15) is 9.59 Å². The van der Waals surface area contributed by atoms with Crippen LogP contribution in [0, 0.1) is 0 Å². The second-order valence-electron chi connectivity index (χ2n) is 4.01. The lowest BCUT2D eigenvalue weighted by atomic mass is 10.2. The largest absolute Gasteiger partial charge is 0.477 e. The third-order valence-corrected chi connectivity index (χ3v) is 3.05. The van der Waals surface area contributed by atoms with E-state index >= 15 is 0 Å². The van der Waals surface area contributed by atoms with Crippen LogP contribution >= 0.6 is 23.2 Å². The molecule has 2 heterocycles. The van der Waals surface area contributed by atoms with E-state index in [1.807, 2.05) is 0 Å². The van der Waals surface area contributed by atoms with Crippen LogP contribution < -0.4 is 5.32 Å². The maximum absolute atomic E-state index is 11.9. The predicted octanol–water partition coefficient (Wildman–Crippen LogP) is 2.41. The average Bonchev–Trinajstić information content (AvgIpc) is 2.45. The zero-order chi connectivity index (χ0) is 15.4. The van der Waals surface area contributed by atoms with Gasteiger partial charge in [-0.05, 0) is 23.8 Å². The summed E-state index contributed by atoms with van der Waals surface area (Å²) in [5.41, 5.74) is 0.803. The smallest absolute Gasteiger partial charge is 0.354 e. The van der Waals surface area contributed by atoms with Crippen molar-refractivity contribution in [3.63, 3.8) is 0 Å². The van der Waals surface area contributed by atoms with Gasteiger partial charge in [0.25, 0.3) is 5.91 Å². The topological polar surface area (TPSA) is 92.2 Å². The lowest BCUT2D eigenvalue weighted by Gasteiger charge is -2.06. The van der Waals surface area contributed by atoms with E-state index in [2.05, 4.69) is 15.3 Å². The monoisotopic (exact) mass is 325 g/mol. The number of carboxylic acids is 1. The molecular formula is C13H9Cl2N3O3. The van der Waals surface area contributed by atoms with Crippen LogP contribution in [0.15, 0.2) is 30.5 Å². The van der Waals surface area contributed by atoms with Crippen molar-refractivity contribution in [3.8, 4) is 0 Å². The van der Waals surface area contributed by atoms with Crippen LogP contribution in [0.2, 0.25) is 10.3 Å². The highest BCUT2D eigenvalue weighted by Gasteiger charge is 2.12. The Hall–Kier alpha value is -2.18. The fourth-order valence-corrected chi connectivity index (χ4v) is 1.95. The number of pyridine rings is 2. The SMILES string of the molecule is O=C(O)c1ccc(CNC(=O)c2ccc(Cl)nc2Cl)cn1. The van der Waals surface area contributed by atoms with Crippen molar-refractivity contribution in [2.45, 2.75) is 6.54 Å². The second-order valence-corrected chi connectivity index (χ2v) is 4.76. The summed E-state index contributed by atoms with van der Waals surface area (Å²) in [6, 6.07) is 5.86. The van der Waals surface area contributed by atoms with Gasteiger partial charge in [-0.2, -0.15) is 0 Å². The van der Waals surface area contributed by atoms with E-state index in [1.165, 1.54) is 24.4 Å². The van der Waals surface area contributed by atoms with Crippen molar-refractivity contribution in [3.05, 3.63) is 57.6 Å². The number of carbonyl (C=O) groups is 2. The zero-order valence-corrected chi connectivity index (χ0v) is 12.0. The first-order valence-corrected chi connectivity index (χ1v) is 6.51. The van der Waals surface area contributed by atoms with Crippen LogP contribution in [-0.4, -0.2) is 27.0 Å². The number of nitrogens with one attached hydrogen (secondary N) is 1. The molecule has 0 atom stereocenters. The van der Waals surface area contributed by atoms with E-state index in [0.29, 0.717) is 5.56 Å². The van der Waals surface area contributed by atoms with Gasteiger partial charge in [-0.1, -0.05) is 29.3 Å². The van der Waals surface area contributed by atoms with Crippen molar-refractivity contribution in [2.24, 2.45) is 0 Å². The van der Waals surface area contributed by atoms with Crippen molar-refractivity contribution in [1.29, 1.82) is 0 Å². The minimum Gasteiger partial charge on any atom is -0.477 e. The number of nitrogens with zero attached hydrogens (tertiary/aromatic N) is 2. The van der Waals surface area contributed by atoms with Crippen LogP contribution in [0.1, 0.15) is 26.4 Å². The number of amides is 1. The van der Waals surface area contributed by atoms with Gasteiger partial charge in [0, 0.05) is 12.7 Å². The highest BCUT2D eigenvalue weighted by Crippen LogP contribution is 2.16. The van der Waals surface area contributed by atoms with Crippen molar-refractivity contribution < 1.29 is 14.7 Å². The Bertz CT molecular complexity index is 690. The number of halogens is 2. The van der Waals surface area contributed by atoms with Gasteiger partial charge in [0.15, 0.2) is 0 Å². The summed E-state index contributed by atoms with van der Waals surface area (Å²) < 4.78 is 0. The lowest BCUT2D eigenvalue weighted by molar-refractivity contribution is 0.0690. The van der Waals surface area contributed by atoms with Crippen LogP contribution in [0.5, 0.6) is 0 Å². The van der Waals surface area contributed by atoms with Crippen molar-refractivity contribution >= 4 is 35.1 Å². The summed E-state index contributed by atoms with van der Waals surface area (Å²) >= 11 is 11.5. The number of aromatic nitrogens is 2. The Kier molecular flexibility index (Phi) is 4.72. The average molecular weight is 326 g/mol. The normalized spacial score (nSPS) is 10.2. The minimum atomic E-state index is -1.11. The number of rotatable bonds is 4. The van der Waals surface area contributed by atoms with Gasteiger partial charge in [0.2, 0.25) is 0 Å². The van der Waals surface area contributed by atoms with E-state index in [0.717, 1.165) is 0 Å². The number of aromatic carboxylic acids is 1. The summed E-state index contributed by atoms with van der Waals surface area (Å²) in [5.74, 6) is -1.52. The molecule has 2 rings (SSSR count). The molecule has 0 fully saturated rings. The molecular weight excluding hydrogens is 317 g/mol. The summed E-state index contributed by atoms with van der Waals surface area (Å²) in [6.45, 7) is 0.185. The molecule has 0 aliphatic rings. The standard InChI is InChI=1S/C13H9Cl2N3O3/c14-10-4-2-8(11(15)18-10)12(19)17-6-7-1-3-9(13(20)21)16-5-7/h1-5H,6H2,(H,17,19)(H,20,21). The van der Waals surface area contributed by atoms with E-state index in [1.54, 1.807) is 6.07 Å². The first-order chi connectivity index (χ1) is 9.97. The summed E-state index contributed by atoms with van der Waals surface area (Å²) in [5, 5.41) is 11.6. The molecule has 0 saturated carbocycles. The molecule has 108 valence electrons. The molecule has 6 nitrogen and oxygen atoms in total. The molecule has 21 heavy (non-hydrogen) atoms. The molecule has 8 heteroatoms. The number of carboxylic acid groups (broad SMARTS) is 1. The first kappa shape index (κ1) is 15.2. The fourth-order valence-electron chi connectivity index (χ4n) is 1.51. The third-order valence-electron chi connectivity index (χ3n) is 2.56. The van der Waals surface area contributed by atoms with Gasteiger partial charge in [-0.25, -0.2) is 14.8 Å². The Morgan fingerprint density at radius 3 is 2.52 bits per heavy atom. The number of carbonyl (C=O) groups excluding carboxylic acids is 1. The summed E-state index contributed by atoms with van der Waals surface area (Å²) in [4.78, 5) is 30.1. The van der Waals surface area contributed by atoms with Crippen LogP contribution in [0.4, 0.5) is 0 Å². The van der Waals surface area contributed by atoms with E-state index in [4.69, 9.17) is 28.3 Å². The molecule has 0 radical (unpaired) electrons. The highest BCUT2D eigenvalue weighted by atomic mass is 35.5. The van der Waals surface area contributed by atoms with Gasteiger partial charge in [-0.15, -0.1) is 0 Å². The molecule has 2 aromatic rings. The summed E-state index contributed by atoms with van der Waals surface area (Å²) in [7, 11) is 0. The van der Waals surface area contributed by atoms with E-state index < -0.39 is 11.9 Å². The Balaban J connectivity index is 2.02. The molecule has 0 aliphatic carbocycles. The molecule has 0 spiro atoms. The molecule has 0 unspecified atom stereocenters. The van der Waals surface area contributed by atoms with Crippen molar-refractivity contribution in [1.82, 2.24) is 15.3 Å². The predicted molar refractivity (Wildman–Crippen MR) is 76.6 cm³/mol. The molecule has 2 aromatic heterocycles. The summed E-state index contributed by atoms with van der Waals surface area (Å²) in [6.07, 6.45) is 1.38. The van der Waals surface area contributed by atoms with Crippen LogP contribution in [0.25, 0.3) is 0 Å². The molecule has 0 saturated heterocycles. The maximum atomic E-state index is 11.9. The molecule has 0 bridgehead atoms. The molecule has 1 amide bonds.